The van der Waals surface area contributed by atoms with Gasteiger partial charge in [0.2, 0.25) is 5.91 Å². The first-order valence-electron chi connectivity index (χ1n) is 4.60. The Bertz CT molecular complexity index is 330. The van der Waals surface area contributed by atoms with E-state index < -0.39 is 0 Å². The van der Waals surface area contributed by atoms with Crippen LogP contribution in [0.25, 0.3) is 0 Å². The molecule has 1 aliphatic heterocycles. The van der Waals surface area contributed by atoms with Crippen LogP contribution in [0.4, 0.5) is 6.01 Å². The zero-order valence-electron chi connectivity index (χ0n) is 7.91. The predicted molar refractivity (Wildman–Crippen MR) is 48.7 cm³/mol. The van der Waals surface area contributed by atoms with Crippen LogP contribution in [0.2, 0.25) is 0 Å². The highest BCUT2D eigenvalue weighted by Gasteiger charge is 2.23. The van der Waals surface area contributed by atoms with Crippen LogP contribution >= 0.6 is 0 Å². The Morgan fingerprint density at radius 1 is 1.71 bits per heavy atom. The van der Waals surface area contributed by atoms with Crippen LogP contribution in [0.5, 0.6) is 0 Å². The normalized spacial score (nSPS) is 21.1. The molecule has 0 spiro atoms. The van der Waals surface area contributed by atoms with Crippen LogP contribution in [-0.2, 0) is 4.79 Å². The summed E-state index contributed by atoms with van der Waals surface area (Å²) in [5.41, 5.74) is 0. The van der Waals surface area contributed by atoms with Gasteiger partial charge in [-0.3, -0.25) is 10.1 Å². The van der Waals surface area contributed by atoms with Crippen molar-refractivity contribution >= 4 is 11.9 Å². The van der Waals surface area contributed by atoms with E-state index in [-0.39, 0.29) is 18.0 Å². The Labute approximate surface area is 81.1 Å². The monoisotopic (exact) mass is 196 g/mol. The van der Waals surface area contributed by atoms with Gasteiger partial charge < -0.3 is 9.84 Å². The summed E-state index contributed by atoms with van der Waals surface area (Å²) in [6.07, 6.45) is 1.89. The summed E-state index contributed by atoms with van der Waals surface area (Å²) in [4.78, 5) is 15.4. The van der Waals surface area contributed by atoms with Crippen LogP contribution in [0.1, 0.15) is 18.7 Å². The molecule has 2 heterocycles. The molecule has 1 aromatic rings. The van der Waals surface area contributed by atoms with Crippen molar-refractivity contribution in [2.45, 2.75) is 25.8 Å². The second-order valence-corrected chi connectivity index (χ2v) is 3.28. The summed E-state index contributed by atoms with van der Waals surface area (Å²) in [5.74, 6) is 0.408. The number of amides is 1. The highest BCUT2D eigenvalue weighted by atomic mass is 16.5. The second kappa shape index (κ2) is 3.75. The molecule has 1 saturated heterocycles. The van der Waals surface area contributed by atoms with Gasteiger partial charge in [0.15, 0.2) is 5.82 Å². The topological polar surface area (TPSA) is 80.0 Å². The van der Waals surface area contributed by atoms with Gasteiger partial charge in [-0.25, -0.2) is 0 Å². The molecule has 1 atom stereocenters. The third-order valence-corrected chi connectivity index (χ3v) is 2.13. The molecule has 14 heavy (non-hydrogen) atoms. The van der Waals surface area contributed by atoms with Crippen molar-refractivity contribution in [3.63, 3.8) is 0 Å². The number of nitrogens with zero attached hydrogens (tertiary/aromatic N) is 2. The third-order valence-electron chi connectivity index (χ3n) is 2.13. The zero-order valence-corrected chi connectivity index (χ0v) is 7.91. The summed E-state index contributed by atoms with van der Waals surface area (Å²) in [5, 5.41) is 9.22. The van der Waals surface area contributed by atoms with Crippen molar-refractivity contribution in [3.05, 3.63) is 5.82 Å². The molecule has 0 bridgehead atoms. The van der Waals surface area contributed by atoms with Gasteiger partial charge in [0.1, 0.15) is 0 Å². The van der Waals surface area contributed by atoms with Gasteiger partial charge in [0.05, 0.1) is 6.04 Å². The number of carbonyl (C=O) groups is 1. The van der Waals surface area contributed by atoms with Gasteiger partial charge in [-0.2, -0.15) is 4.98 Å². The summed E-state index contributed by atoms with van der Waals surface area (Å²) >= 11 is 0. The average Bonchev–Trinajstić information content (AvgIpc) is 2.75. The quantitative estimate of drug-likeness (QED) is 0.699. The lowest BCUT2D eigenvalue weighted by atomic mass is 10.2. The van der Waals surface area contributed by atoms with Crippen LogP contribution in [0.3, 0.4) is 0 Å². The number of aryl methyl sites for hydroxylation is 1. The van der Waals surface area contributed by atoms with Crippen LogP contribution in [0, 0.1) is 6.92 Å². The maximum Gasteiger partial charge on any atom is 0.328 e. The van der Waals surface area contributed by atoms with Gasteiger partial charge in [-0.15, -0.1) is 0 Å². The van der Waals surface area contributed by atoms with Crippen LogP contribution in [-0.4, -0.2) is 28.6 Å². The second-order valence-electron chi connectivity index (χ2n) is 3.28. The molecule has 0 radical (unpaired) electrons. The zero-order chi connectivity index (χ0) is 9.97. The first-order valence-corrected chi connectivity index (χ1v) is 4.60. The Morgan fingerprint density at radius 2 is 2.57 bits per heavy atom. The van der Waals surface area contributed by atoms with Crippen LogP contribution < -0.4 is 10.6 Å². The fourth-order valence-corrected chi connectivity index (χ4v) is 1.45. The molecule has 0 aromatic carbocycles. The molecule has 0 aliphatic carbocycles. The molecule has 1 amide bonds. The van der Waals surface area contributed by atoms with Gasteiger partial charge >= 0.3 is 6.01 Å². The number of hydrogen-bond donors (Lipinski definition) is 2. The minimum Gasteiger partial charge on any atom is -0.315 e. The highest BCUT2D eigenvalue weighted by molar-refractivity contribution is 5.93. The van der Waals surface area contributed by atoms with E-state index in [2.05, 4.69) is 20.8 Å². The lowest BCUT2D eigenvalue weighted by molar-refractivity contribution is -0.117. The molecule has 6 nitrogen and oxygen atoms in total. The number of nitrogens with one attached hydrogen (secondary N) is 2. The number of hydrogen-bond acceptors (Lipinski definition) is 5. The van der Waals surface area contributed by atoms with Gasteiger partial charge in [-0.1, -0.05) is 5.16 Å². The highest BCUT2D eigenvalue weighted by Crippen LogP contribution is 2.08. The number of aromatic nitrogens is 2. The summed E-state index contributed by atoms with van der Waals surface area (Å²) < 4.78 is 4.77. The van der Waals surface area contributed by atoms with Crippen molar-refractivity contribution in [2.24, 2.45) is 0 Å². The fourth-order valence-electron chi connectivity index (χ4n) is 1.45. The van der Waals surface area contributed by atoms with E-state index in [1.807, 2.05) is 0 Å². The first kappa shape index (κ1) is 9.14. The molecule has 2 rings (SSSR count). The summed E-state index contributed by atoms with van der Waals surface area (Å²) in [6, 6.07) is 0.0448. The number of carbonyl (C=O) groups excluding carboxylic acids is 1. The number of rotatable bonds is 2. The van der Waals surface area contributed by atoms with E-state index in [1.54, 1.807) is 6.92 Å². The van der Waals surface area contributed by atoms with Crippen molar-refractivity contribution in [2.75, 3.05) is 11.9 Å². The molecule has 1 aliphatic rings. The smallest absolute Gasteiger partial charge is 0.315 e. The lowest BCUT2D eigenvalue weighted by Crippen LogP contribution is -2.35. The standard InChI is InChI=1S/C8H12N4O2/c1-5-10-8(14-12-5)11-7(13)6-3-2-4-9-6/h6,9H,2-4H2,1H3,(H,10,11,12,13)/t6-/m0/s1. The lowest BCUT2D eigenvalue weighted by Gasteiger charge is -2.06. The van der Waals surface area contributed by atoms with E-state index in [0.29, 0.717) is 5.82 Å². The molecule has 1 aromatic heterocycles. The van der Waals surface area contributed by atoms with Crippen molar-refractivity contribution in [3.8, 4) is 0 Å². The molecule has 1 fully saturated rings. The van der Waals surface area contributed by atoms with Crippen LogP contribution in [0.15, 0.2) is 4.52 Å². The Balaban J connectivity index is 1.93. The van der Waals surface area contributed by atoms with Crippen molar-refractivity contribution in [1.29, 1.82) is 0 Å². The molecule has 2 N–H and O–H groups in total. The Hall–Kier alpha value is -1.43. The van der Waals surface area contributed by atoms with E-state index >= 15 is 0 Å². The maximum absolute atomic E-state index is 11.5. The minimum absolute atomic E-state index is 0.105. The molecular formula is C8H12N4O2. The largest absolute Gasteiger partial charge is 0.328 e. The van der Waals surface area contributed by atoms with Gasteiger partial charge in [0, 0.05) is 0 Å². The number of anilines is 1. The molecule has 0 unspecified atom stereocenters. The maximum atomic E-state index is 11.5. The fraction of sp³-hybridized carbons (Fsp3) is 0.625. The predicted octanol–water partition coefficient (Wildman–Crippen LogP) is 0.0685. The Kier molecular flexibility index (Phi) is 2.45. The first-order chi connectivity index (χ1) is 6.75. The van der Waals surface area contributed by atoms with E-state index in [0.717, 1.165) is 19.4 Å². The summed E-state index contributed by atoms with van der Waals surface area (Å²) in [7, 11) is 0. The summed E-state index contributed by atoms with van der Waals surface area (Å²) in [6.45, 7) is 2.59. The van der Waals surface area contributed by atoms with Gasteiger partial charge in [0.25, 0.3) is 0 Å². The minimum atomic E-state index is -0.123. The average molecular weight is 196 g/mol. The molecule has 0 saturated carbocycles. The Morgan fingerprint density at radius 3 is 3.14 bits per heavy atom. The third kappa shape index (κ3) is 1.90. The van der Waals surface area contributed by atoms with E-state index in [9.17, 15) is 4.79 Å². The molecular weight excluding hydrogens is 184 g/mol. The SMILES string of the molecule is Cc1noc(NC(=O)[C@@H]2CCCN2)n1. The molecule has 76 valence electrons. The van der Waals surface area contributed by atoms with Crippen molar-refractivity contribution < 1.29 is 9.32 Å². The van der Waals surface area contributed by atoms with Gasteiger partial charge in [-0.05, 0) is 26.3 Å². The molecule has 6 heteroatoms. The van der Waals surface area contributed by atoms with Crippen molar-refractivity contribution in [1.82, 2.24) is 15.5 Å². The van der Waals surface area contributed by atoms with E-state index in [4.69, 9.17) is 4.52 Å². The van der Waals surface area contributed by atoms with E-state index in [1.165, 1.54) is 0 Å².